The first kappa shape index (κ1) is 22.3. The Hall–Kier alpha value is -4.46. The fourth-order valence-electron chi connectivity index (χ4n) is 4.24. The van der Waals surface area contributed by atoms with E-state index in [1.807, 2.05) is 56.3 Å². The number of anilines is 1. The Morgan fingerprint density at radius 3 is 2.54 bits per heavy atom. The quantitative estimate of drug-likeness (QED) is 0.345. The van der Waals surface area contributed by atoms with Crippen molar-refractivity contribution in [3.63, 3.8) is 0 Å². The lowest BCUT2D eigenvalue weighted by atomic mass is 9.92. The molecule has 8 heteroatoms. The number of halogens is 1. The zero-order valence-corrected chi connectivity index (χ0v) is 19.1. The van der Waals surface area contributed by atoms with Crippen molar-refractivity contribution >= 4 is 33.6 Å². The van der Waals surface area contributed by atoms with Gasteiger partial charge in [0, 0.05) is 10.8 Å². The van der Waals surface area contributed by atoms with Crippen LogP contribution in [0.2, 0.25) is 0 Å². The van der Waals surface area contributed by atoms with Crippen LogP contribution in [0.15, 0.2) is 82.1 Å². The molecule has 5 rings (SSSR count). The van der Waals surface area contributed by atoms with Gasteiger partial charge in [-0.15, -0.1) is 0 Å². The van der Waals surface area contributed by atoms with E-state index in [2.05, 4.69) is 10.3 Å². The lowest BCUT2D eigenvalue weighted by Gasteiger charge is -2.28. The summed E-state index contributed by atoms with van der Waals surface area (Å²) in [7, 11) is 0. The number of hydrogen-bond donors (Lipinski definition) is 2. The fraction of sp³-hybridized carbons (Fsp3) is 0.148. The maximum Gasteiger partial charge on any atom is 0.323 e. The lowest BCUT2D eigenvalue weighted by Crippen LogP contribution is -2.35. The number of carbonyl (C=O) groups is 1. The minimum atomic E-state index is -1.24. The van der Waals surface area contributed by atoms with Crippen LogP contribution in [0.3, 0.4) is 0 Å². The maximum absolute atomic E-state index is 14.4. The predicted molar refractivity (Wildman–Crippen MR) is 132 cm³/mol. The van der Waals surface area contributed by atoms with Crippen LogP contribution in [-0.4, -0.2) is 20.6 Å². The number of rotatable bonds is 6. The van der Waals surface area contributed by atoms with Crippen molar-refractivity contribution in [3.05, 3.63) is 94.7 Å². The Labute approximate surface area is 199 Å². The molecule has 2 heterocycles. The van der Waals surface area contributed by atoms with Crippen molar-refractivity contribution in [3.8, 4) is 11.4 Å². The highest BCUT2D eigenvalue weighted by Gasteiger charge is 2.25. The second-order valence-electron chi connectivity index (χ2n) is 8.82. The maximum atomic E-state index is 14.4. The van der Waals surface area contributed by atoms with Crippen LogP contribution in [0.1, 0.15) is 19.4 Å². The molecule has 0 amide bonds. The first-order chi connectivity index (χ1) is 16.7. The first-order valence-corrected chi connectivity index (χ1v) is 11.0. The van der Waals surface area contributed by atoms with Gasteiger partial charge >= 0.3 is 5.97 Å². The van der Waals surface area contributed by atoms with E-state index in [9.17, 15) is 19.1 Å². The molecule has 7 nitrogen and oxygen atoms in total. The molecular formula is C27H22FN3O4. The average molecular weight is 471 g/mol. The summed E-state index contributed by atoms with van der Waals surface area (Å²) in [5, 5.41) is 14.5. The monoisotopic (exact) mass is 471 g/mol. The third kappa shape index (κ3) is 4.03. The molecule has 0 aliphatic heterocycles. The van der Waals surface area contributed by atoms with E-state index >= 15 is 0 Å². The highest BCUT2D eigenvalue weighted by molar-refractivity contribution is 6.05. The van der Waals surface area contributed by atoms with E-state index < -0.39 is 29.4 Å². The largest absolute Gasteiger partial charge is 0.480 e. The highest BCUT2D eigenvalue weighted by atomic mass is 19.1. The topological polar surface area (TPSA) is 97.4 Å². The summed E-state index contributed by atoms with van der Waals surface area (Å²) in [6, 6.07) is 19.4. The van der Waals surface area contributed by atoms with Crippen LogP contribution in [0.25, 0.3) is 33.3 Å². The summed E-state index contributed by atoms with van der Waals surface area (Å²) < 4.78 is 21.3. The van der Waals surface area contributed by atoms with Gasteiger partial charge in [0.1, 0.15) is 35.0 Å². The van der Waals surface area contributed by atoms with Gasteiger partial charge in [-0.2, -0.15) is 0 Å². The SMILES string of the molecule is CC(C)(Nc1cnc(-c2ccccc2F)n(CC(=O)O)c1=O)c1ccc2oc3ccccc3c2c1. The lowest BCUT2D eigenvalue weighted by molar-refractivity contribution is -0.137. The second kappa shape index (κ2) is 8.39. The summed E-state index contributed by atoms with van der Waals surface area (Å²) in [5.74, 6) is -1.88. The predicted octanol–water partition coefficient (Wildman–Crippen LogP) is 5.38. The van der Waals surface area contributed by atoms with Gasteiger partial charge in [-0.1, -0.05) is 36.4 Å². The standard InChI is InChI=1S/C27H22FN3O4/c1-27(2,16-11-12-23-19(13-16)17-7-4-6-10-22(17)35-23)30-21-14-29-25(18-8-3-5-9-20(18)28)31(26(21)34)15-24(32)33/h3-14,30H,15H2,1-2H3,(H,32,33). The van der Waals surface area contributed by atoms with Gasteiger partial charge in [-0.05, 0) is 49.7 Å². The number of hydrogen-bond acceptors (Lipinski definition) is 5. The minimum absolute atomic E-state index is 0.0500. The van der Waals surface area contributed by atoms with Crippen LogP contribution in [0.4, 0.5) is 10.1 Å². The molecule has 0 fully saturated rings. The molecule has 0 saturated carbocycles. The first-order valence-electron chi connectivity index (χ1n) is 11.0. The van der Waals surface area contributed by atoms with Gasteiger partial charge in [0.2, 0.25) is 0 Å². The molecule has 176 valence electrons. The zero-order chi connectivity index (χ0) is 24.7. The molecule has 3 aromatic carbocycles. The van der Waals surface area contributed by atoms with Crippen molar-refractivity contribution in [1.82, 2.24) is 9.55 Å². The summed E-state index contributed by atoms with van der Waals surface area (Å²) in [6.07, 6.45) is 1.32. The Morgan fingerprint density at radius 1 is 1.06 bits per heavy atom. The van der Waals surface area contributed by atoms with Crippen molar-refractivity contribution in [2.24, 2.45) is 0 Å². The molecule has 35 heavy (non-hydrogen) atoms. The number of para-hydroxylation sites is 1. The molecule has 0 aliphatic carbocycles. The number of fused-ring (bicyclic) bond motifs is 3. The van der Waals surface area contributed by atoms with Gasteiger partial charge in [0.15, 0.2) is 0 Å². The van der Waals surface area contributed by atoms with Crippen molar-refractivity contribution < 1.29 is 18.7 Å². The van der Waals surface area contributed by atoms with Gasteiger partial charge in [0.25, 0.3) is 5.56 Å². The third-order valence-corrected chi connectivity index (χ3v) is 6.00. The molecule has 0 saturated heterocycles. The van der Waals surface area contributed by atoms with Crippen molar-refractivity contribution in [1.29, 1.82) is 0 Å². The average Bonchev–Trinajstić information content (AvgIpc) is 3.20. The molecule has 0 radical (unpaired) electrons. The molecular weight excluding hydrogens is 449 g/mol. The Bertz CT molecular complexity index is 1650. The van der Waals surface area contributed by atoms with E-state index in [1.54, 1.807) is 6.07 Å². The van der Waals surface area contributed by atoms with Crippen molar-refractivity contribution in [2.75, 3.05) is 5.32 Å². The molecule has 0 aliphatic rings. The number of aromatic nitrogens is 2. The van der Waals surface area contributed by atoms with Gasteiger partial charge < -0.3 is 14.8 Å². The van der Waals surface area contributed by atoms with E-state index in [0.29, 0.717) is 0 Å². The Balaban J connectivity index is 1.57. The highest BCUT2D eigenvalue weighted by Crippen LogP contribution is 2.33. The van der Waals surface area contributed by atoms with E-state index in [1.165, 1.54) is 24.4 Å². The molecule has 5 aromatic rings. The molecule has 2 N–H and O–H groups in total. The van der Waals surface area contributed by atoms with Crippen LogP contribution < -0.4 is 10.9 Å². The number of nitrogens with one attached hydrogen (secondary N) is 1. The molecule has 0 bridgehead atoms. The smallest absolute Gasteiger partial charge is 0.323 e. The van der Waals surface area contributed by atoms with Gasteiger partial charge in [0.05, 0.1) is 17.3 Å². The molecule has 2 aromatic heterocycles. The molecule has 0 unspecified atom stereocenters. The number of benzene rings is 3. The van der Waals surface area contributed by atoms with Crippen molar-refractivity contribution in [2.45, 2.75) is 25.9 Å². The normalized spacial score (nSPS) is 11.7. The number of nitrogens with zero attached hydrogens (tertiary/aromatic N) is 2. The van der Waals surface area contributed by atoms with E-state index in [4.69, 9.17) is 4.42 Å². The summed E-state index contributed by atoms with van der Waals surface area (Å²) in [4.78, 5) is 29.1. The fourth-order valence-corrected chi connectivity index (χ4v) is 4.24. The van der Waals surface area contributed by atoms with Gasteiger partial charge in [-0.25, -0.2) is 9.37 Å². The number of aliphatic carboxylic acids is 1. The van der Waals surface area contributed by atoms with E-state index in [0.717, 1.165) is 32.1 Å². The zero-order valence-electron chi connectivity index (χ0n) is 19.1. The van der Waals surface area contributed by atoms with Crippen LogP contribution in [0, 0.1) is 5.82 Å². The number of carboxylic acid groups (broad SMARTS) is 1. The summed E-state index contributed by atoms with van der Waals surface area (Å²) in [5.41, 5.74) is 1.25. The Morgan fingerprint density at radius 2 is 1.77 bits per heavy atom. The third-order valence-electron chi connectivity index (χ3n) is 6.00. The Kier molecular flexibility index (Phi) is 5.36. The van der Waals surface area contributed by atoms with Crippen LogP contribution >= 0.6 is 0 Å². The number of furan rings is 1. The second-order valence-corrected chi connectivity index (χ2v) is 8.82. The summed E-state index contributed by atoms with van der Waals surface area (Å²) >= 11 is 0. The van der Waals surface area contributed by atoms with Gasteiger partial charge in [-0.3, -0.25) is 14.2 Å². The summed E-state index contributed by atoms with van der Waals surface area (Å²) in [6.45, 7) is 3.16. The van der Waals surface area contributed by atoms with Crippen LogP contribution in [0.5, 0.6) is 0 Å². The molecule has 0 atom stereocenters. The van der Waals surface area contributed by atoms with E-state index in [-0.39, 0.29) is 17.1 Å². The minimum Gasteiger partial charge on any atom is -0.480 e. The van der Waals surface area contributed by atoms with Crippen LogP contribution in [-0.2, 0) is 16.9 Å². The number of carboxylic acids is 1. The molecule has 0 spiro atoms.